The van der Waals surface area contributed by atoms with Crippen molar-refractivity contribution in [3.8, 4) is 0 Å². The van der Waals surface area contributed by atoms with Crippen LogP contribution in [0.1, 0.15) is 10.5 Å². The molecule has 0 aliphatic rings. The maximum atomic E-state index is 12.3. The zero-order chi connectivity index (χ0) is 6.85. The van der Waals surface area contributed by atoms with Gasteiger partial charge in [-0.15, -0.1) is 0 Å². The Morgan fingerprint density at radius 3 is 2.78 bits per heavy atom. The van der Waals surface area contributed by atoms with Crippen molar-refractivity contribution in [1.29, 1.82) is 0 Å². The summed E-state index contributed by atoms with van der Waals surface area (Å²) in [6, 6.07) is 1.08. The Kier molecular flexibility index (Phi) is 1.30. The molecule has 0 unspecified atom stereocenters. The molecule has 0 aromatic carbocycles. The van der Waals surface area contributed by atoms with Gasteiger partial charge in [0.2, 0.25) is 5.95 Å². The largest absolute Gasteiger partial charge is 0.296 e. The van der Waals surface area contributed by atoms with Gasteiger partial charge in [-0.25, -0.2) is 4.68 Å². The second-order valence-electron chi connectivity index (χ2n) is 1.63. The summed E-state index contributed by atoms with van der Waals surface area (Å²) >= 11 is 0. The molecular weight excluding hydrogens is 123 g/mol. The van der Waals surface area contributed by atoms with Gasteiger partial charge < -0.3 is 0 Å². The van der Waals surface area contributed by atoms with Crippen LogP contribution in [0.2, 0.25) is 0 Å². The molecule has 0 aliphatic heterocycles. The number of aldehydes is 1. The van der Waals surface area contributed by atoms with E-state index in [0.717, 1.165) is 10.7 Å². The smallest absolute Gasteiger partial charge is 0.211 e. The number of hydrogen-bond acceptors (Lipinski definition) is 2. The Hall–Kier alpha value is -1.19. The molecule has 1 aromatic heterocycles. The van der Waals surface area contributed by atoms with Crippen LogP contribution in [0.4, 0.5) is 4.39 Å². The number of carbonyl (C=O) groups excluding carboxylic acids is 1. The van der Waals surface area contributed by atoms with E-state index in [-0.39, 0.29) is 5.69 Å². The van der Waals surface area contributed by atoms with Crippen LogP contribution in [0, 0.1) is 5.95 Å². The van der Waals surface area contributed by atoms with E-state index in [1.165, 1.54) is 7.05 Å². The number of nitrogens with zero attached hydrogens (tertiary/aromatic N) is 2. The molecule has 1 rings (SSSR count). The molecule has 0 bridgehead atoms. The van der Waals surface area contributed by atoms with Gasteiger partial charge in [-0.2, -0.15) is 9.49 Å². The highest BCUT2D eigenvalue weighted by Gasteiger charge is 2.00. The maximum Gasteiger partial charge on any atom is 0.211 e. The second-order valence-corrected chi connectivity index (χ2v) is 1.63. The molecule has 0 saturated carbocycles. The molecule has 0 atom stereocenters. The standard InChI is InChI=1S/C5H5FN2O/c1-8-5(6)2-4(3-9)7-8/h2-3H,1H3. The first kappa shape index (κ1) is 5.94. The number of aryl methyl sites for hydroxylation is 1. The molecule has 0 spiro atoms. The summed E-state index contributed by atoms with van der Waals surface area (Å²) in [6.07, 6.45) is 0.503. The minimum Gasteiger partial charge on any atom is -0.296 e. The zero-order valence-electron chi connectivity index (χ0n) is 4.84. The summed E-state index contributed by atoms with van der Waals surface area (Å²) in [7, 11) is 1.43. The van der Waals surface area contributed by atoms with Gasteiger partial charge in [0, 0.05) is 13.1 Å². The van der Waals surface area contributed by atoms with Gasteiger partial charge in [-0.05, 0) is 0 Å². The number of halogens is 1. The van der Waals surface area contributed by atoms with Crippen LogP contribution >= 0.6 is 0 Å². The first-order valence-corrected chi connectivity index (χ1v) is 2.39. The summed E-state index contributed by atoms with van der Waals surface area (Å²) in [5.74, 6) is -0.503. The highest BCUT2D eigenvalue weighted by Crippen LogP contribution is 1.96. The van der Waals surface area contributed by atoms with Crippen molar-refractivity contribution in [2.45, 2.75) is 0 Å². The molecular formula is C5H5FN2O. The van der Waals surface area contributed by atoms with Gasteiger partial charge in [0.1, 0.15) is 5.69 Å². The van der Waals surface area contributed by atoms with E-state index >= 15 is 0 Å². The predicted octanol–water partition coefficient (Wildman–Crippen LogP) is 0.372. The number of aromatic nitrogens is 2. The molecule has 0 amide bonds. The molecule has 1 heterocycles. The molecule has 0 N–H and O–H groups in total. The SMILES string of the molecule is Cn1nc(C=O)cc1F. The fourth-order valence-electron chi connectivity index (χ4n) is 0.523. The average molecular weight is 128 g/mol. The van der Waals surface area contributed by atoms with Crippen molar-refractivity contribution in [2.24, 2.45) is 7.05 Å². The summed E-state index contributed by atoms with van der Waals surface area (Å²) in [5.41, 5.74) is 0.120. The number of hydrogen-bond donors (Lipinski definition) is 0. The Labute approximate surface area is 51.1 Å². The summed E-state index contributed by atoms with van der Waals surface area (Å²) in [4.78, 5) is 9.93. The Balaban J connectivity index is 3.11. The second kappa shape index (κ2) is 1.97. The Morgan fingerprint density at radius 2 is 2.56 bits per heavy atom. The third kappa shape index (κ3) is 0.960. The number of rotatable bonds is 1. The lowest BCUT2D eigenvalue weighted by molar-refractivity contribution is 0.111. The first-order chi connectivity index (χ1) is 4.24. The van der Waals surface area contributed by atoms with E-state index in [0.29, 0.717) is 6.29 Å². The topological polar surface area (TPSA) is 34.9 Å². The summed E-state index contributed by atoms with van der Waals surface area (Å²) < 4.78 is 13.3. The molecule has 0 fully saturated rings. The van der Waals surface area contributed by atoms with Gasteiger partial charge in [0.05, 0.1) is 0 Å². The highest BCUT2D eigenvalue weighted by molar-refractivity contribution is 5.71. The molecule has 3 nitrogen and oxygen atoms in total. The van der Waals surface area contributed by atoms with Gasteiger partial charge >= 0.3 is 0 Å². The van der Waals surface area contributed by atoms with Crippen LogP contribution in [0.5, 0.6) is 0 Å². The van der Waals surface area contributed by atoms with Crippen molar-refractivity contribution < 1.29 is 9.18 Å². The van der Waals surface area contributed by atoms with Gasteiger partial charge in [-0.1, -0.05) is 0 Å². The molecule has 0 aliphatic carbocycles. The van der Waals surface area contributed by atoms with E-state index in [1.54, 1.807) is 0 Å². The fourth-order valence-corrected chi connectivity index (χ4v) is 0.523. The molecule has 0 saturated heterocycles. The summed E-state index contributed by atoms with van der Waals surface area (Å²) in [5, 5.41) is 3.50. The van der Waals surface area contributed by atoms with Crippen molar-refractivity contribution in [3.05, 3.63) is 17.7 Å². The fraction of sp³-hybridized carbons (Fsp3) is 0.200. The summed E-state index contributed by atoms with van der Waals surface area (Å²) in [6.45, 7) is 0. The lowest BCUT2D eigenvalue weighted by atomic mass is 10.5. The first-order valence-electron chi connectivity index (χ1n) is 2.39. The van der Waals surface area contributed by atoms with E-state index < -0.39 is 5.95 Å². The molecule has 1 aromatic rings. The van der Waals surface area contributed by atoms with Crippen molar-refractivity contribution >= 4 is 6.29 Å². The predicted molar refractivity (Wildman–Crippen MR) is 28.6 cm³/mol. The number of carbonyl (C=O) groups is 1. The lowest BCUT2D eigenvalue weighted by Crippen LogP contribution is -1.93. The van der Waals surface area contributed by atoms with Crippen LogP contribution < -0.4 is 0 Å². The molecule has 9 heavy (non-hydrogen) atoms. The van der Waals surface area contributed by atoms with Gasteiger partial charge in [-0.3, -0.25) is 4.79 Å². The van der Waals surface area contributed by atoms with Crippen LogP contribution in [0.3, 0.4) is 0 Å². The van der Waals surface area contributed by atoms with Crippen molar-refractivity contribution in [1.82, 2.24) is 9.78 Å². The normalized spacial score (nSPS) is 9.56. The van der Waals surface area contributed by atoms with E-state index in [2.05, 4.69) is 5.10 Å². The molecule has 4 heteroatoms. The van der Waals surface area contributed by atoms with Crippen LogP contribution in [-0.4, -0.2) is 16.1 Å². The van der Waals surface area contributed by atoms with Crippen LogP contribution in [0.15, 0.2) is 6.07 Å². The minimum atomic E-state index is -0.503. The van der Waals surface area contributed by atoms with E-state index in [4.69, 9.17) is 0 Å². The Bertz CT molecular complexity index is 211. The van der Waals surface area contributed by atoms with Crippen molar-refractivity contribution in [2.75, 3.05) is 0 Å². The van der Waals surface area contributed by atoms with E-state index in [9.17, 15) is 9.18 Å². The maximum absolute atomic E-state index is 12.3. The Morgan fingerprint density at radius 1 is 1.89 bits per heavy atom. The van der Waals surface area contributed by atoms with Crippen molar-refractivity contribution in [3.63, 3.8) is 0 Å². The molecule has 48 valence electrons. The average Bonchev–Trinajstić information content (AvgIpc) is 2.13. The zero-order valence-corrected chi connectivity index (χ0v) is 4.84. The highest BCUT2D eigenvalue weighted by atomic mass is 19.1. The molecule has 0 radical (unpaired) electrons. The monoisotopic (exact) mass is 128 g/mol. The third-order valence-corrected chi connectivity index (χ3v) is 0.962. The quantitative estimate of drug-likeness (QED) is 0.512. The van der Waals surface area contributed by atoms with E-state index in [1.807, 2.05) is 0 Å². The minimum absolute atomic E-state index is 0.120. The lowest BCUT2D eigenvalue weighted by Gasteiger charge is -1.83. The van der Waals surface area contributed by atoms with Crippen LogP contribution in [0.25, 0.3) is 0 Å². The third-order valence-electron chi connectivity index (χ3n) is 0.962. The van der Waals surface area contributed by atoms with Gasteiger partial charge in [0.15, 0.2) is 6.29 Å². The van der Waals surface area contributed by atoms with Crippen LogP contribution in [-0.2, 0) is 7.05 Å². The van der Waals surface area contributed by atoms with Gasteiger partial charge in [0.25, 0.3) is 0 Å².